The predicted molar refractivity (Wildman–Crippen MR) is 117 cm³/mol. The molecule has 0 aliphatic carbocycles. The first-order valence-corrected chi connectivity index (χ1v) is 9.82. The number of non-ortho nitro benzene ring substituents is 1. The van der Waals surface area contributed by atoms with E-state index in [4.69, 9.17) is 4.42 Å². The van der Waals surface area contributed by atoms with E-state index in [0.717, 1.165) is 11.1 Å². The van der Waals surface area contributed by atoms with Gasteiger partial charge in [-0.3, -0.25) is 14.9 Å². The number of hydrogen-bond acceptors (Lipinski definition) is 4. The van der Waals surface area contributed by atoms with E-state index in [0.29, 0.717) is 24.4 Å². The van der Waals surface area contributed by atoms with E-state index in [1.165, 1.54) is 12.1 Å². The Bertz CT molecular complexity index is 1140. The van der Waals surface area contributed by atoms with Crippen LogP contribution in [0.25, 0.3) is 11.3 Å². The van der Waals surface area contributed by atoms with Crippen LogP contribution in [-0.2, 0) is 13.1 Å². The zero-order chi connectivity index (χ0) is 21.6. The summed E-state index contributed by atoms with van der Waals surface area (Å²) in [5.41, 5.74) is 2.54. The first kappa shape index (κ1) is 20.1. The molecule has 0 saturated heterocycles. The summed E-state index contributed by atoms with van der Waals surface area (Å²) >= 11 is 0. The fourth-order valence-corrected chi connectivity index (χ4v) is 3.34. The van der Waals surface area contributed by atoms with Gasteiger partial charge in [-0.05, 0) is 23.3 Å². The van der Waals surface area contributed by atoms with Gasteiger partial charge < -0.3 is 9.32 Å². The highest BCUT2D eigenvalue weighted by Crippen LogP contribution is 2.27. The van der Waals surface area contributed by atoms with Gasteiger partial charge in [0.1, 0.15) is 5.76 Å². The fraction of sp³-hybridized carbons (Fsp3) is 0.0800. The van der Waals surface area contributed by atoms with Crippen LogP contribution in [0.5, 0.6) is 0 Å². The molecule has 0 bridgehead atoms. The molecule has 1 amide bonds. The molecule has 31 heavy (non-hydrogen) atoms. The van der Waals surface area contributed by atoms with Crippen molar-refractivity contribution in [1.29, 1.82) is 0 Å². The van der Waals surface area contributed by atoms with Crippen LogP contribution in [0.15, 0.2) is 101 Å². The Hall–Kier alpha value is -4.19. The predicted octanol–water partition coefficient (Wildman–Crippen LogP) is 5.70. The van der Waals surface area contributed by atoms with Crippen LogP contribution in [-0.4, -0.2) is 15.7 Å². The van der Waals surface area contributed by atoms with Crippen molar-refractivity contribution in [3.05, 3.63) is 124 Å². The molecule has 6 nitrogen and oxygen atoms in total. The third kappa shape index (κ3) is 4.87. The first-order valence-electron chi connectivity index (χ1n) is 9.82. The molecule has 4 aromatic rings. The summed E-state index contributed by atoms with van der Waals surface area (Å²) in [5, 5.41) is 11.0. The number of nitrogens with zero attached hydrogens (tertiary/aromatic N) is 2. The Kier molecular flexibility index (Phi) is 5.89. The van der Waals surface area contributed by atoms with Crippen molar-refractivity contribution >= 4 is 11.6 Å². The Morgan fingerprint density at radius 3 is 2.00 bits per heavy atom. The first-order chi connectivity index (χ1) is 15.1. The topological polar surface area (TPSA) is 76.6 Å². The highest BCUT2D eigenvalue weighted by Gasteiger charge is 2.21. The number of amides is 1. The lowest BCUT2D eigenvalue weighted by Gasteiger charge is -2.22. The summed E-state index contributed by atoms with van der Waals surface area (Å²) in [7, 11) is 0. The normalized spacial score (nSPS) is 10.6. The third-order valence-corrected chi connectivity index (χ3v) is 4.88. The molecule has 4 rings (SSSR count). The van der Waals surface area contributed by atoms with Crippen LogP contribution in [0.3, 0.4) is 0 Å². The zero-order valence-corrected chi connectivity index (χ0v) is 16.7. The number of furan rings is 1. The highest BCUT2D eigenvalue weighted by atomic mass is 16.6. The molecule has 0 unspecified atom stereocenters. The van der Waals surface area contributed by atoms with E-state index in [9.17, 15) is 14.9 Å². The number of carbonyl (C=O) groups excluding carboxylic acids is 1. The molecule has 154 valence electrons. The summed E-state index contributed by atoms with van der Waals surface area (Å²) < 4.78 is 5.81. The Balaban J connectivity index is 1.61. The van der Waals surface area contributed by atoms with Gasteiger partial charge in [0.15, 0.2) is 5.76 Å². The van der Waals surface area contributed by atoms with Crippen molar-refractivity contribution in [2.45, 2.75) is 13.1 Å². The second kappa shape index (κ2) is 9.09. The quantitative estimate of drug-likeness (QED) is 0.288. The van der Waals surface area contributed by atoms with Gasteiger partial charge >= 0.3 is 0 Å². The average molecular weight is 412 g/mol. The second-order valence-electron chi connectivity index (χ2n) is 7.10. The molecule has 0 radical (unpaired) electrons. The maximum atomic E-state index is 13.3. The van der Waals surface area contributed by atoms with Crippen LogP contribution < -0.4 is 0 Å². The minimum Gasteiger partial charge on any atom is -0.451 e. The smallest absolute Gasteiger partial charge is 0.290 e. The molecule has 0 N–H and O–H groups in total. The van der Waals surface area contributed by atoms with Crippen LogP contribution >= 0.6 is 0 Å². The standard InChI is InChI=1S/C25H20N2O4/c28-25(24-15-14-23(31-24)21-12-7-13-22(16-21)27(29)30)26(17-19-8-3-1-4-9-19)18-20-10-5-2-6-11-20/h1-16H,17-18H2. The molecule has 1 heterocycles. The second-order valence-corrected chi connectivity index (χ2v) is 7.10. The maximum absolute atomic E-state index is 13.3. The molecular weight excluding hydrogens is 392 g/mol. The van der Waals surface area contributed by atoms with E-state index in [1.807, 2.05) is 60.7 Å². The van der Waals surface area contributed by atoms with Crippen molar-refractivity contribution in [1.82, 2.24) is 4.90 Å². The summed E-state index contributed by atoms with van der Waals surface area (Å²) in [6, 6.07) is 28.9. The summed E-state index contributed by atoms with van der Waals surface area (Å²) in [6.07, 6.45) is 0. The van der Waals surface area contributed by atoms with Crippen molar-refractivity contribution in [3.63, 3.8) is 0 Å². The lowest BCUT2D eigenvalue weighted by molar-refractivity contribution is -0.384. The number of nitro benzene ring substituents is 1. The van der Waals surface area contributed by atoms with Crippen molar-refractivity contribution in [2.75, 3.05) is 0 Å². The molecule has 0 saturated carbocycles. The largest absolute Gasteiger partial charge is 0.451 e. The number of nitro groups is 1. The average Bonchev–Trinajstić information content (AvgIpc) is 3.30. The molecule has 6 heteroatoms. The van der Waals surface area contributed by atoms with Gasteiger partial charge in [0, 0.05) is 30.8 Å². The van der Waals surface area contributed by atoms with Gasteiger partial charge in [-0.15, -0.1) is 0 Å². The Labute approximate surface area is 179 Å². The monoisotopic (exact) mass is 412 g/mol. The lowest BCUT2D eigenvalue weighted by atomic mass is 10.1. The van der Waals surface area contributed by atoms with E-state index < -0.39 is 4.92 Å². The number of hydrogen-bond donors (Lipinski definition) is 0. The van der Waals surface area contributed by atoms with Gasteiger partial charge in [-0.25, -0.2) is 0 Å². The van der Waals surface area contributed by atoms with Crippen LogP contribution in [0.1, 0.15) is 21.7 Å². The molecule has 0 aliphatic heterocycles. The van der Waals surface area contributed by atoms with Gasteiger partial charge in [0.2, 0.25) is 0 Å². The van der Waals surface area contributed by atoms with Gasteiger partial charge in [-0.1, -0.05) is 72.8 Å². The molecular formula is C25H20N2O4. The lowest BCUT2D eigenvalue weighted by Crippen LogP contribution is -2.29. The zero-order valence-electron chi connectivity index (χ0n) is 16.7. The van der Waals surface area contributed by atoms with E-state index >= 15 is 0 Å². The van der Waals surface area contributed by atoms with Crippen LogP contribution in [0.4, 0.5) is 5.69 Å². The summed E-state index contributed by atoms with van der Waals surface area (Å²) in [6.45, 7) is 0.864. The SMILES string of the molecule is O=C(c1ccc(-c2cccc([N+](=O)[O-])c2)o1)N(Cc1ccccc1)Cc1ccccc1. The third-order valence-electron chi connectivity index (χ3n) is 4.88. The van der Waals surface area contributed by atoms with Gasteiger partial charge in [-0.2, -0.15) is 0 Å². The van der Waals surface area contributed by atoms with Crippen LogP contribution in [0.2, 0.25) is 0 Å². The van der Waals surface area contributed by atoms with Gasteiger partial charge in [0.05, 0.1) is 4.92 Å². The van der Waals surface area contributed by atoms with Crippen molar-refractivity contribution in [2.24, 2.45) is 0 Å². The molecule has 0 atom stereocenters. The fourth-order valence-electron chi connectivity index (χ4n) is 3.34. The Morgan fingerprint density at radius 1 is 0.806 bits per heavy atom. The maximum Gasteiger partial charge on any atom is 0.290 e. The molecule has 1 aromatic heterocycles. The number of rotatable bonds is 7. The number of benzene rings is 3. The summed E-state index contributed by atoms with van der Waals surface area (Å²) in [5.74, 6) is 0.351. The van der Waals surface area contributed by atoms with Crippen molar-refractivity contribution < 1.29 is 14.1 Å². The van der Waals surface area contributed by atoms with Crippen molar-refractivity contribution in [3.8, 4) is 11.3 Å². The molecule has 3 aromatic carbocycles. The Morgan fingerprint density at radius 2 is 1.42 bits per heavy atom. The van der Waals surface area contributed by atoms with E-state index in [2.05, 4.69) is 0 Å². The summed E-state index contributed by atoms with van der Waals surface area (Å²) in [4.78, 5) is 25.6. The van der Waals surface area contributed by atoms with E-state index in [-0.39, 0.29) is 17.4 Å². The highest BCUT2D eigenvalue weighted by molar-refractivity contribution is 5.92. The molecule has 0 aliphatic rings. The van der Waals surface area contributed by atoms with Gasteiger partial charge in [0.25, 0.3) is 11.6 Å². The van der Waals surface area contributed by atoms with Crippen LogP contribution in [0, 0.1) is 10.1 Å². The minimum absolute atomic E-state index is 0.0310. The number of carbonyl (C=O) groups is 1. The van der Waals surface area contributed by atoms with E-state index in [1.54, 1.807) is 29.2 Å². The minimum atomic E-state index is -0.458. The molecule has 0 spiro atoms. The molecule has 0 fully saturated rings.